The molecule has 0 radical (unpaired) electrons. The maximum Gasteiger partial charge on any atom is 0.270 e. The van der Waals surface area contributed by atoms with Crippen LogP contribution >= 0.6 is 0 Å². The van der Waals surface area contributed by atoms with Crippen molar-refractivity contribution in [3.63, 3.8) is 0 Å². The average Bonchev–Trinajstić information content (AvgIpc) is 3.02. The second-order valence-electron chi connectivity index (χ2n) is 4.81. The molecule has 126 valence electrons. The lowest BCUT2D eigenvalue weighted by molar-refractivity contribution is -0.128. The Balaban J connectivity index is 2.23. The molecule has 3 amide bonds. The van der Waals surface area contributed by atoms with Gasteiger partial charge in [-0.3, -0.25) is 19.5 Å². The van der Waals surface area contributed by atoms with Crippen molar-refractivity contribution in [2.24, 2.45) is 11.5 Å². The predicted molar refractivity (Wildman–Crippen MR) is 84.8 cm³/mol. The SMILES string of the molecule is CCOc1ccccc1-c1cc(C(=O)NC(C(N)=O)C(N)=O)[nH]n1. The van der Waals surface area contributed by atoms with E-state index in [9.17, 15) is 14.4 Å². The Morgan fingerprint density at radius 2 is 1.92 bits per heavy atom. The van der Waals surface area contributed by atoms with Gasteiger partial charge in [0.2, 0.25) is 11.8 Å². The fraction of sp³-hybridized carbons (Fsp3) is 0.200. The summed E-state index contributed by atoms with van der Waals surface area (Å²) in [5.74, 6) is -2.20. The van der Waals surface area contributed by atoms with Gasteiger partial charge in [-0.25, -0.2) is 0 Å². The number of H-pyrrole nitrogens is 1. The van der Waals surface area contributed by atoms with Crippen molar-refractivity contribution in [1.82, 2.24) is 15.5 Å². The summed E-state index contributed by atoms with van der Waals surface area (Å²) in [5.41, 5.74) is 11.2. The molecule has 0 aliphatic heterocycles. The van der Waals surface area contributed by atoms with Crippen molar-refractivity contribution < 1.29 is 19.1 Å². The molecule has 2 rings (SSSR count). The molecule has 2 aromatic rings. The van der Waals surface area contributed by atoms with Crippen LogP contribution in [-0.2, 0) is 9.59 Å². The Hall–Kier alpha value is -3.36. The van der Waals surface area contributed by atoms with Gasteiger partial charge in [-0.05, 0) is 25.1 Å². The Kier molecular flexibility index (Phi) is 5.15. The van der Waals surface area contributed by atoms with Crippen LogP contribution in [0.1, 0.15) is 17.4 Å². The molecule has 0 bridgehead atoms. The smallest absolute Gasteiger partial charge is 0.270 e. The van der Waals surface area contributed by atoms with Crippen LogP contribution in [-0.4, -0.2) is 40.6 Å². The van der Waals surface area contributed by atoms with E-state index in [2.05, 4.69) is 15.5 Å². The van der Waals surface area contributed by atoms with Crippen LogP contribution in [0.2, 0.25) is 0 Å². The Labute approximate surface area is 137 Å². The van der Waals surface area contributed by atoms with Crippen LogP contribution in [0.3, 0.4) is 0 Å². The minimum Gasteiger partial charge on any atom is -0.493 e. The molecule has 0 aliphatic carbocycles. The average molecular weight is 331 g/mol. The highest BCUT2D eigenvalue weighted by molar-refractivity contribution is 6.07. The molecule has 0 fully saturated rings. The van der Waals surface area contributed by atoms with E-state index in [0.717, 1.165) is 0 Å². The first-order chi connectivity index (χ1) is 11.4. The Morgan fingerprint density at radius 1 is 1.25 bits per heavy atom. The van der Waals surface area contributed by atoms with E-state index in [4.69, 9.17) is 16.2 Å². The third-order valence-electron chi connectivity index (χ3n) is 3.13. The first kappa shape index (κ1) is 17.0. The fourth-order valence-corrected chi connectivity index (χ4v) is 2.03. The van der Waals surface area contributed by atoms with Crippen molar-refractivity contribution in [3.8, 4) is 17.0 Å². The zero-order valence-electron chi connectivity index (χ0n) is 12.9. The minimum atomic E-state index is -1.60. The quantitative estimate of drug-likeness (QED) is 0.506. The molecule has 1 aromatic heterocycles. The number of primary amides is 2. The van der Waals surface area contributed by atoms with E-state index in [1.807, 2.05) is 19.1 Å². The van der Waals surface area contributed by atoms with E-state index in [1.54, 1.807) is 12.1 Å². The van der Waals surface area contributed by atoms with E-state index >= 15 is 0 Å². The number of benzene rings is 1. The number of nitrogens with two attached hydrogens (primary N) is 2. The number of rotatable bonds is 7. The number of aromatic nitrogens is 2. The first-order valence-corrected chi connectivity index (χ1v) is 7.11. The summed E-state index contributed by atoms with van der Waals surface area (Å²) in [4.78, 5) is 34.3. The fourth-order valence-electron chi connectivity index (χ4n) is 2.03. The van der Waals surface area contributed by atoms with E-state index in [0.29, 0.717) is 23.6 Å². The number of hydrogen-bond acceptors (Lipinski definition) is 5. The molecule has 0 unspecified atom stereocenters. The lowest BCUT2D eigenvalue weighted by Gasteiger charge is -2.10. The monoisotopic (exact) mass is 331 g/mol. The van der Waals surface area contributed by atoms with Crippen molar-refractivity contribution in [1.29, 1.82) is 0 Å². The highest BCUT2D eigenvalue weighted by atomic mass is 16.5. The molecule has 1 heterocycles. The van der Waals surface area contributed by atoms with Crippen LogP contribution in [0.15, 0.2) is 30.3 Å². The summed E-state index contributed by atoms with van der Waals surface area (Å²) in [6.45, 7) is 2.34. The highest BCUT2D eigenvalue weighted by Crippen LogP contribution is 2.28. The molecule has 0 aliphatic rings. The summed E-state index contributed by atoms with van der Waals surface area (Å²) in [6, 6.07) is 7.07. The van der Waals surface area contributed by atoms with Crippen LogP contribution in [0, 0.1) is 0 Å². The van der Waals surface area contributed by atoms with Crippen molar-refractivity contribution >= 4 is 17.7 Å². The molecule has 0 saturated heterocycles. The number of ether oxygens (including phenoxy) is 1. The summed E-state index contributed by atoms with van der Waals surface area (Å²) < 4.78 is 5.51. The van der Waals surface area contributed by atoms with Crippen LogP contribution < -0.4 is 21.5 Å². The number of nitrogens with one attached hydrogen (secondary N) is 2. The van der Waals surface area contributed by atoms with Crippen LogP contribution in [0.5, 0.6) is 5.75 Å². The molecule has 1 aromatic carbocycles. The lowest BCUT2D eigenvalue weighted by Crippen LogP contribution is -2.52. The number of amides is 3. The third-order valence-corrected chi connectivity index (χ3v) is 3.13. The molecule has 0 spiro atoms. The molecular weight excluding hydrogens is 314 g/mol. The second-order valence-corrected chi connectivity index (χ2v) is 4.81. The lowest BCUT2D eigenvalue weighted by atomic mass is 10.1. The number of carbonyl (C=O) groups excluding carboxylic acids is 3. The van der Waals surface area contributed by atoms with Gasteiger partial charge in [0.15, 0.2) is 6.04 Å². The third kappa shape index (κ3) is 3.69. The van der Waals surface area contributed by atoms with Crippen molar-refractivity contribution in [2.45, 2.75) is 13.0 Å². The molecule has 0 atom stereocenters. The Bertz CT molecular complexity index is 757. The molecule has 9 nitrogen and oxygen atoms in total. The van der Waals surface area contributed by atoms with Gasteiger partial charge in [-0.2, -0.15) is 5.10 Å². The van der Waals surface area contributed by atoms with Gasteiger partial charge in [-0.1, -0.05) is 12.1 Å². The summed E-state index contributed by atoms with van der Waals surface area (Å²) >= 11 is 0. The van der Waals surface area contributed by atoms with E-state index < -0.39 is 23.8 Å². The molecule has 24 heavy (non-hydrogen) atoms. The normalized spacial score (nSPS) is 10.4. The van der Waals surface area contributed by atoms with E-state index in [1.165, 1.54) is 6.07 Å². The number of para-hydroxylation sites is 1. The predicted octanol–water partition coefficient (Wildman–Crippen LogP) is -0.456. The van der Waals surface area contributed by atoms with Gasteiger partial charge < -0.3 is 21.5 Å². The first-order valence-electron chi connectivity index (χ1n) is 7.11. The number of carbonyl (C=O) groups is 3. The number of nitrogens with zero attached hydrogens (tertiary/aromatic N) is 1. The van der Waals surface area contributed by atoms with Crippen LogP contribution in [0.25, 0.3) is 11.3 Å². The second kappa shape index (κ2) is 7.27. The van der Waals surface area contributed by atoms with Crippen molar-refractivity contribution in [3.05, 3.63) is 36.0 Å². The highest BCUT2D eigenvalue weighted by Gasteiger charge is 2.25. The summed E-state index contributed by atoms with van der Waals surface area (Å²) in [7, 11) is 0. The number of aromatic amines is 1. The van der Waals surface area contributed by atoms with Gasteiger partial charge in [-0.15, -0.1) is 0 Å². The maximum atomic E-state index is 12.1. The molecule has 9 heteroatoms. The van der Waals surface area contributed by atoms with Crippen LogP contribution in [0.4, 0.5) is 0 Å². The molecule has 6 N–H and O–H groups in total. The molecule has 0 saturated carbocycles. The van der Waals surface area contributed by atoms with Gasteiger partial charge in [0.05, 0.1) is 12.3 Å². The van der Waals surface area contributed by atoms with E-state index in [-0.39, 0.29) is 5.69 Å². The van der Waals surface area contributed by atoms with Gasteiger partial charge in [0.1, 0.15) is 11.4 Å². The zero-order chi connectivity index (χ0) is 17.7. The Morgan fingerprint density at radius 3 is 2.54 bits per heavy atom. The van der Waals surface area contributed by atoms with Gasteiger partial charge >= 0.3 is 0 Å². The topological polar surface area (TPSA) is 153 Å². The van der Waals surface area contributed by atoms with Gasteiger partial charge in [0.25, 0.3) is 5.91 Å². The zero-order valence-corrected chi connectivity index (χ0v) is 12.9. The standard InChI is InChI=1S/C15H17N5O4/c1-2-24-11-6-4-3-5-8(11)9-7-10(20-19-9)15(23)18-12(13(16)21)14(17)22/h3-7,12H,2H2,1H3,(H2,16,21)(H2,17,22)(H,18,23)(H,19,20). The molecular formula is C15H17N5O4. The largest absolute Gasteiger partial charge is 0.493 e. The number of hydrogen-bond donors (Lipinski definition) is 4. The van der Waals surface area contributed by atoms with Crippen molar-refractivity contribution in [2.75, 3.05) is 6.61 Å². The summed E-state index contributed by atoms with van der Waals surface area (Å²) in [5, 5.41) is 8.73. The van der Waals surface area contributed by atoms with Gasteiger partial charge in [0, 0.05) is 5.56 Å². The maximum absolute atomic E-state index is 12.1. The minimum absolute atomic E-state index is 0.0452. The summed E-state index contributed by atoms with van der Waals surface area (Å²) in [6.07, 6.45) is 0.